The lowest BCUT2D eigenvalue weighted by molar-refractivity contribution is 0.354. The molecule has 0 amide bonds. The predicted octanol–water partition coefficient (Wildman–Crippen LogP) is 1.75. The summed E-state index contributed by atoms with van der Waals surface area (Å²) < 4.78 is 35.2. The summed E-state index contributed by atoms with van der Waals surface area (Å²) in [5.41, 5.74) is 0.724. The second-order valence-electron chi connectivity index (χ2n) is 4.54. The summed E-state index contributed by atoms with van der Waals surface area (Å²) in [6.07, 6.45) is 1.58. The molecule has 6 heteroatoms. The SMILES string of the molecule is Cc1nn(C(C)(C)C)cc1CS(=O)(=O)F. The molecule has 0 saturated carbocycles. The highest BCUT2D eigenvalue weighted by Gasteiger charge is 2.19. The molecule has 1 aromatic rings. The number of halogens is 1. The molecule has 86 valence electrons. The molecule has 0 atom stereocenters. The van der Waals surface area contributed by atoms with E-state index in [4.69, 9.17) is 0 Å². The standard InChI is InChI=1S/C9H15FN2O2S/c1-7-8(6-15(10,13)14)5-12(11-7)9(2,3)4/h5H,6H2,1-4H3. The minimum atomic E-state index is -4.49. The Bertz CT molecular complexity index is 457. The van der Waals surface area contributed by atoms with Gasteiger partial charge in [0.05, 0.1) is 11.2 Å². The van der Waals surface area contributed by atoms with Crippen molar-refractivity contribution in [1.29, 1.82) is 0 Å². The number of aromatic nitrogens is 2. The van der Waals surface area contributed by atoms with Gasteiger partial charge in [0.25, 0.3) is 0 Å². The number of nitrogens with zero attached hydrogens (tertiary/aromatic N) is 2. The van der Waals surface area contributed by atoms with Crippen LogP contribution in [0.2, 0.25) is 0 Å². The van der Waals surface area contributed by atoms with Crippen LogP contribution in [0.5, 0.6) is 0 Å². The molecule has 1 rings (SSSR count). The molecule has 0 spiro atoms. The molecular formula is C9H15FN2O2S. The largest absolute Gasteiger partial charge is 0.306 e. The summed E-state index contributed by atoms with van der Waals surface area (Å²) in [5, 5.41) is 4.15. The zero-order valence-corrected chi connectivity index (χ0v) is 10.1. The highest BCUT2D eigenvalue weighted by Crippen LogP contribution is 2.18. The third-order valence-electron chi connectivity index (χ3n) is 2.02. The van der Waals surface area contributed by atoms with Crippen molar-refractivity contribution in [2.75, 3.05) is 0 Å². The summed E-state index contributed by atoms with van der Waals surface area (Å²) in [4.78, 5) is 0. The molecular weight excluding hydrogens is 219 g/mol. The minimum absolute atomic E-state index is 0.233. The van der Waals surface area contributed by atoms with Crippen molar-refractivity contribution in [3.05, 3.63) is 17.5 Å². The fourth-order valence-corrected chi connectivity index (χ4v) is 1.82. The normalized spacial score (nSPS) is 13.1. The highest BCUT2D eigenvalue weighted by atomic mass is 32.3. The van der Waals surface area contributed by atoms with Crippen LogP contribution in [0.1, 0.15) is 32.0 Å². The lowest BCUT2D eigenvalue weighted by atomic mass is 10.1. The first kappa shape index (κ1) is 12.2. The van der Waals surface area contributed by atoms with Gasteiger partial charge in [-0.25, -0.2) is 0 Å². The fourth-order valence-electron chi connectivity index (χ4n) is 1.17. The van der Waals surface area contributed by atoms with Crippen molar-refractivity contribution in [3.63, 3.8) is 0 Å². The van der Waals surface area contributed by atoms with E-state index < -0.39 is 16.0 Å². The molecule has 0 aromatic carbocycles. The maximum Gasteiger partial charge on any atom is 0.306 e. The second-order valence-corrected chi connectivity index (χ2v) is 5.90. The van der Waals surface area contributed by atoms with Crippen LogP contribution in [0.4, 0.5) is 3.89 Å². The summed E-state index contributed by atoms with van der Waals surface area (Å²) in [6.45, 7) is 7.48. The maximum absolute atomic E-state index is 12.5. The van der Waals surface area contributed by atoms with Crippen molar-refractivity contribution in [1.82, 2.24) is 9.78 Å². The van der Waals surface area contributed by atoms with Gasteiger partial charge in [0.1, 0.15) is 5.75 Å². The lowest BCUT2D eigenvalue weighted by Gasteiger charge is -2.18. The smallest absolute Gasteiger partial charge is 0.267 e. The molecule has 0 aliphatic rings. The van der Waals surface area contributed by atoms with Crippen LogP contribution in [-0.2, 0) is 21.5 Å². The molecule has 15 heavy (non-hydrogen) atoms. The van der Waals surface area contributed by atoms with Crippen molar-refractivity contribution in [2.45, 2.75) is 39.0 Å². The van der Waals surface area contributed by atoms with E-state index in [0.717, 1.165) is 0 Å². The Balaban J connectivity index is 3.08. The maximum atomic E-state index is 12.5. The number of rotatable bonds is 2. The van der Waals surface area contributed by atoms with Gasteiger partial charge in [0, 0.05) is 11.8 Å². The van der Waals surface area contributed by atoms with Gasteiger partial charge in [-0.3, -0.25) is 4.68 Å². The summed E-state index contributed by atoms with van der Waals surface area (Å²) in [7, 11) is -4.49. The van der Waals surface area contributed by atoms with Crippen LogP contribution in [0.15, 0.2) is 6.20 Å². The Kier molecular flexibility index (Phi) is 2.91. The van der Waals surface area contributed by atoms with Crippen LogP contribution >= 0.6 is 0 Å². The third kappa shape index (κ3) is 3.30. The van der Waals surface area contributed by atoms with E-state index in [9.17, 15) is 12.3 Å². The average Bonchev–Trinajstić information content (AvgIpc) is 2.27. The quantitative estimate of drug-likeness (QED) is 0.732. The minimum Gasteiger partial charge on any atom is -0.267 e. The molecule has 1 heterocycles. The molecule has 1 aromatic heterocycles. The first-order chi connectivity index (χ1) is 6.59. The van der Waals surface area contributed by atoms with Crippen LogP contribution in [0, 0.1) is 6.92 Å². The molecule has 0 unspecified atom stereocenters. The molecule has 0 aliphatic carbocycles. The van der Waals surface area contributed by atoms with Gasteiger partial charge >= 0.3 is 10.2 Å². The van der Waals surface area contributed by atoms with E-state index in [1.165, 1.54) is 0 Å². The van der Waals surface area contributed by atoms with E-state index >= 15 is 0 Å². The van der Waals surface area contributed by atoms with Gasteiger partial charge in [0.2, 0.25) is 0 Å². The lowest BCUT2D eigenvalue weighted by Crippen LogP contribution is -2.22. The Morgan fingerprint density at radius 3 is 2.33 bits per heavy atom. The molecule has 0 N–H and O–H groups in total. The molecule has 0 aliphatic heterocycles. The van der Waals surface area contributed by atoms with Crippen LogP contribution in [0.3, 0.4) is 0 Å². The zero-order valence-electron chi connectivity index (χ0n) is 9.28. The Morgan fingerprint density at radius 2 is 2.00 bits per heavy atom. The topological polar surface area (TPSA) is 52.0 Å². The first-order valence-corrected chi connectivity index (χ1v) is 6.13. The number of hydrogen-bond acceptors (Lipinski definition) is 3. The Hall–Kier alpha value is -0.910. The van der Waals surface area contributed by atoms with E-state index in [1.54, 1.807) is 17.8 Å². The molecule has 0 fully saturated rings. The van der Waals surface area contributed by atoms with E-state index in [0.29, 0.717) is 11.3 Å². The van der Waals surface area contributed by atoms with E-state index in [2.05, 4.69) is 5.10 Å². The van der Waals surface area contributed by atoms with Crippen LogP contribution in [-0.4, -0.2) is 18.2 Å². The molecule has 0 radical (unpaired) electrons. The summed E-state index contributed by atoms with van der Waals surface area (Å²) >= 11 is 0. The molecule has 0 bridgehead atoms. The van der Waals surface area contributed by atoms with Gasteiger partial charge < -0.3 is 0 Å². The van der Waals surface area contributed by atoms with Crippen molar-refractivity contribution >= 4 is 10.2 Å². The van der Waals surface area contributed by atoms with Gasteiger partial charge in [-0.1, -0.05) is 0 Å². The Labute approximate surface area is 89.3 Å². The monoisotopic (exact) mass is 234 g/mol. The van der Waals surface area contributed by atoms with Crippen LogP contribution in [0.25, 0.3) is 0 Å². The second kappa shape index (κ2) is 3.59. The zero-order chi connectivity index (χ0) is 11.9. The number of aryl methyl sites for hydroxylation is 1. The third-order valence-corrected chi connectivity index (χ3v) is 2.67. The number of hydrogen-bond donors (Lipinski definition) is 0. The molecule has 0 saturated heterocycles. The van der Waals surface area contributed by atoms with Crippen LogP contribution < -0.4 is 0 Å². The van der Waals surface area contributed by atoms with Crippen molar-refractivity contribution in [2.24, 2.45) is 0 Å². The van der Waals surface area contributed by atoms with Crippen molar-refractivity contribution in [3.8, 4) is 0 Å². The van der Waals surface area contributed by atoms with Gasteiger partial charge in [-0.15, -0.1) is 3.89 Å². The van der Waals surface area contributed by atoms with E-state index in [-0.39, 0.29) is 5.54 Å². The predicted molar refractivity (Wildman–Crippen MR) is 55.7 cm³/mol. The average molecular weight is 234 g/mol. The molecule has 4 nitrogen and oxygen atoms in total. The van der Waals surface area contributed by atoms with Gasteiger partial charge in [0.15, 0.2) is 0 Å². The first-order valence-electron chi connectivity index (χ1n) is 4.57. The van der Waals surface area contributed by atoms with Crippen molar-refractivity contribution < 1.29 is 12.3 Å². The highest BCUT2D eigenvalue weighted by molar-refractivity contribution is 7.85. The fraction of sp³-hybridized carbons (Fsp3) is 0.667. The van der Waals surface area contributed by atoms with Gasteiger partial charge in [-0.2, -0.15) is 13.5 Å². The summed E-state index contributed by atoms with van der Waals surface area (Å²) in [6, 6.07) is 0. The van der Waals surface area contributed by atoms with Gasteiger partial charge in [-0.05, 0) is 27.7 Å². The van der Waals surface area contributed by atoms with E-state index in [1.807, 2.05) is 20.8 Å². The summed E-state index contributed by atoms with van der Waals surface area (Å²) in [5.74, 6) is -0.602. The Morgan fingerprint density at radius 1 is 1.47 bits per heavy atom.